The highest BCUT2D eigenvalue weighted by molar-refractivity contribution is 9.11. The van der Waals surface area contributed by atoms with Gasteiger partial charge in [-0.25, -0.2) is 0 Å². The topological polar surface area (TPSA) is 38.3 Å². The number of amides is 1. The van der Waals surface area contributed by atoms with Crippen LogP contribution in [0, 0.1) is 0 Å². The number of hydrogen-bond acceptors (Lipinski definition) is 2. The molecule has 0 heterocycles. The quantitative estimate of drug-likeness (QED) is 0.789. The molecule has 0 aliphatic carbocycles. The minimum atomic E-state index is -0.149. The molecular formula is C16H15Br2NO2. The first-order chi connectivity index (χ1) is 10.0. The number of halogens is 2. The highest BCUT2D eigenvalue weighted by atomic mass is 79.9. The maximum Gasteiger partial charge on any atom is 0.252 e. The second-order valence-electron chi connectivity index (χ2n) is 4.56. The zero-order chi connectivity index (χ0) is 15.4. The van der Waals surface area contributed by atoms with E-state index in [9.17, 15) is 4.79 Å². The van der Waals surface area contributed by atoms with Gasteiger partial charge in [0.25, 0.3) is 5.91 Å². The predicted octanol–water partition coefficient (Wildman–Crippen LogP) is 4.71. The van der Waals surface area contributed by atoms with Gasteiger partial charge in [0, 0.05) is 14.5 Å². The summed E-state index contributed by atoms with van der Waals surface area (Å²) in [4.78, 5) is 12.4. The average Bonchev–Trinajstić information content (AvgIpc) is 2.46. The number of para-hydroxylation sites is 1. The molecule has 2 aromatic rings. The summed E-state index contributed by atoms with van der Waals surface area (Å²) in [7, 11) is 1.62. The van der Waals surface area contributed by atoms with E-state index in [-0.39, 0.29) is 11.9 Å². The van der Waals surface area contributed by atoms with Gasteiger partial charge in [-0.05, 0) is 47.1 Å². The number of nitrogens with one attached hydrogen (secondary N) is 1. The molecule has 3 nitrogen and oxygen atoms in total. The lowest BCUT2D eigenvalue weighted by molar-refractivity contribution is 0.0938. The zero-order valence-electron chi connectivity index (χ0n) is 11.7. The Morgan fingerprint density at radius 2 is 1.90 bits per heavy atom. The third kappa shape index (κ3) is 3.86. The summed E-state index contributed by atoms with van der Waals surface area (Å²) in [6.45, 7) is 1.93. The Hall–Kier alpha value is -1.33. The van der Waals surface area contributed by atoms with E-state index in [4.69, 9.17) is 4.74 Å². The Labute approximate surface area is 141 Å². The Bertz CT molecular complexity index is 658. The summed E-state index contributed by atoms with van der Waals surface area (Å²) in [5.41, 5.74) is 1.54. The van der Waals surface area contributed by atoms with E-state index in [1.165, 1.54) is 0 Å². The SMILES string of the molecule is COc1ccccc1C(C)NC(=O)c1ccc(Br)cc1Br. The summed E-state index contributed by atoms with van der Waals surface area (Å²) >= 11 is 6.78. The monoisotopic (exact) mass is 411 g/mol. The predicted molar refractivity (Wildman–Crippen MR) is 90.7 cm³/mol. The molecule has 5 heteroatoms. The summed E-state index contributed by atoms with van der Waals surface area (Å²) in [5, 5.41) is 2.98. The first kappa shape index (κ1) is 16.0. The Balaban J connectivity index is 2.19. The van der Waals surface area contributed by atoms with Gasteiger partial charge in [-0.1, -0.05) is 34.1 Å². The molecule has 2 rings (SSSR count). The van der Waals surface area contributed by atoms with Crippen LogP contribution in [0.15, 0.2) is 51.4 Å². The van der Waals surface area contributed by atoms with Crippen LogP contribution >= 0.6 is 31.9 Å². The molecule has 0 aliphatic rings. The number of carbonyl (C=O) groups is 1. The molecule has 0 radical (unpaired) electrons. The van der Waals surface area contributed by atoms with Crippen LogP contribution in [-0.2, 0) is 0 Å². The highest BCUT2D eigenvalue weighted by Gasteiger charge is 2.16. The molecule has 0 bridgehead atoms. The molecule has 110 valence electrons. The van der Waals surface area contributed by atoms with Gasteiger partial charge in [0.2, 0.25) is 0 Å². The van der Waals surface area contributed by atoms with Crippen molar-refractivity contribution in [3.63, 3.8) is 0 Å². The van der Waals surface area contributed by atoms with Crippen LogP contribution in [0.5, 0.6) is 5.75 Å². The summed E-state index contributed by atoms with van der Waals surface area (Å²) < 4.78 is 7.00. The lowest BCUT2D eigenvalue weighted by Crippen LogP contribution is -2.27. The van der Waals surface area contributed by atoms with Crippen molar-refractivity contribution < 1.29 is 9.53 Å². The number of methoxy groups -OCH3 is 1. The van der Waals surface area contributed by atoms with Crippen molar-refractivity contribution in [2.24, 2.45) is 0 Å². The second-order valence-corrected chi connectivity index (χ2v) is 6.33. The first-order valence-corrected chi connectivity index (χ1v) is 8.00. The summed E-state index contributed by atoms with van der Waals surface area (Å²) in [6.07, 6.45) is 0. The van der Waals surface area contributed by atoms with E-state index in [0.717, 1.165) is 20.3 Å². The molecule has 1 amide bonds. The Kier molecular flexibility index (Phi) is 5.42. The third-order valence-corrected chi connectivity index (χ3v) is 4.28. The molecule has 2 aromatic carbocycles. The van der Waals surface area contributed by atoms with Crippen LogP contribution in [0.25, 0.3) is 0 Å². The van der Waals surface area contributed by atoms with Gasteiger partial charge in [-0.2, -0.15) is 0 Å². The van der Waals surface area contributed by atoms with Crippen molar-refractivity contribution in [3.05, 3.63) is 62.5 Å². The molecular weight excluding hydrogens is 398 g/mol. The van der Waals surface area contributed by atoms with Crippen LogP contribution in [0.2, 0.25) is 0 Å². The fraction of sp³-hybridized carbons (Fsp3) is 0.188. The molecule has 0 saturated carbocycles. The smallest absolute Gasteiger partial charge is 0.252 e. The van der Waals surface area contributed by atoms with Crippen molar-refractivity contribution in [1.82, 2.24) is 5.32 Å². The lowest BCUT2D eigenvalue weighted by atomic mass is 10.1. The van der Waals surface area contributed by atoms with Crippen LogP contribution in [0.3, 0.4) is 0 Å². The van der Waals surface area contributed by atoms with Crippen molar-refractivity contribution in [1.29, 1.82) is 0 Å². The molecule has 0 aromatic heterocycles. The Morgan fingerprint density at radius 3 is 2.57 bits per heavy atom. The van der Waals surface area contributed by atoms with Crippen molar-refractivity contribution >= 4 is 37.8 Å². The maximum atomic E-state index is 12.4. The van der Waals surface area contributed by atoms with Gasteiger partial charge in [-0.15, -0.1) is 0 Å². The standard InChI is InChI=1S/C16H15Br2NO2/c1-10(12-5-3-4-6-15(12)21-2)19-16(20)13-8-7-11(17)9-14(13)18/h3-10H,1-2H3,(H,19,20). The first-order valence-electron chi connectivity index (χ1n) is 6.41. The van der Waals surface area contributed by atoms with Crippen LogP contribution in [-0.4, -0.2) is 13.0 Å². The van der Waals surface area contributed by atoms with Gasteiger partial charge >= 0.3 is 0 Å². The molecule has 0 spiro atoms. The summed E-state index contributed by atoms with van der Waals surface area (Å²) in [5.74, 6) is 0.632. The van der Waals surface area contributed by atoms with E-state index >= 15 is 0 Å². The zero-order valence-corrected chi connectivity index (χ0v) is 14.9. The van der Waals surface area contributed by atoms with Crippen molar-refractivity contribution in [2.75, 3.05) is 7.11 Å². The fourth-order valence-corrected chi connectivity index (χ4v) is 3.28. The molecule has 21 heavy (non-hydrogen) atoms. The molecule has 0 saturated heterocycles. The Morgan fingerprint density at radius 1 is 1.19 bits per heavy atom. The van der Waals surface area contributed by atoms with Gasteiger partial charge in [0.15, 0.2) is 0 Å². The minimum Gasteiger partial charge on any atom is -0.496 e. The highest BCUT2D eigenvalue weighted by Crippen LogP contribution is 2.26. The van der Waals surface area contributed by atoms with Crippen LogP contribution in [0.1, 0.15) is 28.9 Å². The van der Waals surface area contributed by atoms with Crippen molar-refractivity contribution in [3.8, 4) is 5.75 Å². The number of benzene rings is 2. The lowest BCUT2D eigenvalue weighted by Gasteiger charge is -2.17. The molecule has 1 unspecified atom stereocenters. The molecule has 0 fully saturated rings. The summed E-state index contributed by atoms with van der Waals surface area (Å²) in [6, 6.07) is 13.0. The van der Waals surface area contributed by atoms with Crippen molar-refractivity contribution in [2.45, 2.75) is 13.0 Å². The van der Waals surface area contributed by atoms with E-state index in [0.29, 0.717) is 5.56 Å². The van der Waals surface area contributed by atoms with E-state index in [1.54, 1.807) is 13.2 Å². The second kappa shape index (κ2) is 7.09. The average molecular weight is 413 g/mol. The van der Waals surface area contributed by atoms with E-state index in [2.05, 4.69) is 37.2 Å². The van der Waals surface area contributed by atoms with E-state index < -0.39 is 0 Å². The molecule has 1 N–H and O–H groups in total. The molecule has 0 aliphatic heterocycles. The molecule has 1 atom stereocenters. The normalized spacial score (nSPS) is 11.8. The van der Waals surface area contributed by atoms with Crippen LogP contribution in [0.4, 0.5) is 0 Å². The van der Waals surface area contributed by atoms with Gasteiger partial charge in [0.1, 0.15) is 5.75 Å². The number of ether oxygens (including phenoxy) is 1. The number of rotatable bonds is 4. The largest absolute Gasteiger partial charge is 0.496 e. The van der Waals surface area contributed by atoms with Crippen LogP contribution < -0.4 is 10.1 Å². The minimum absolute atomic E-state index is 0.132. The fourth-order valence-electron chi connectivity index (χ4n) is 2.05. The third-order valence-electron chi connectivity index (χ3n) is 3.13. The van der Waals surface area contributed by atoms with Gasteiger partial charge < -0.3 is 10.1 Å². The van der Waals surface area contributed by atoms with Gasteiger partial charge in [0.05, 0.1) is 18.7 Å². The number of carbonyl (C=O) groups excluding carboxylic acids is 1. The van der Waals surface area contributed by atoms with E-state index in [1.807, 2.05) is 43.3 Å². The number of hydrogen-bond donors (Lipinski definition) is 1. The maximum absolute atomic E-state index is 12.4. The van der Waals surface area contributed by atoms with Gasteiger partial charge in [-0.3, -0.25) is 4.79 Å².